The van der Waals surface area contributed by atoms with Gasteiger partial charge >= 0.3 is 0 Å². The first-order valence-electron chi connectivity index (χ1n) is 6.53. The van der Waals surface area contributed by atoms with Gasteiger partial charge in [0.1, 0.15) is 0 Å². The largest absolute Gasteiger partial charge is 0.317 e. The number of hydrogen-bond donors (Lipinski definition) is 3. The SMILES string of the molecule is Cl.O=C(NC(=O)C1CCCNC1)C1CCNCC1. The molecule has 0 aromatic rings. The van der Waals surface area contributed by atoms with Crippen LogP contribution in [0.15, 0.2) is 0 Å². The molecular formula is C12H22ClN3O2. The van der Waals surface area contributed by atoms with Crippen LogP contribution in [0.3, 0.4) is 0 Å². The summed E-state index contributed by atoms with van der Waals surface area (Å²) < 4.78 is 0. The highest BCUT2D eigenvalue weighted by Gasteiger charge is 2.26. The predicted octanol–water partition coefficient (Wildman–Crippen LogP) is 0.0502. The summed E-state index contributed by atoms with van der Waals surface area (Å²) in [5.74, 6) is -0.200. The van der Waals surface area contributed by atoms with Gasteiger partial charge in [-0.1, -0.05) is 0 Å². The van der Waals surface area contributed by atoms with Crippen molar-refractivity contribution >= 4 is 24.2 Å². The van der Waals surface area contributed by atoms with Gasteiger partial charge in [0.2, 0.25) is 11.8 Å². The third-order valence-corrected chi connectivity index (χ3v) is 3.62. The van der Waals surface area contributed by atoms with Crippen molar-refractivity contribution in [2.24, 2.45) is 11.8 Å². The van der Waals surface area contributed by atoms with E-state index >= 15 is 0 Å². The number of carbonyl (C=O) groups excluding carboxylic acids is 2. The molecule has 0 aromatic carbocycles. The minimum absolute atomic E-state index is 0. The molecule has 0 spiro atoms. The summed E-state index contributed by atoms with van der Waals surface area (Å²) in [7, 11) is 0. The van der Waals surface area contributed by atoms with Crippen LogP contribution in [0.5, 0.6) is 0 Å². The molecule has 0 bridgehead atoms. The third kappa shape index (κ3) is 4.23. The molecule has 2 aliphatic heterocycles. The first kappa shape index (κ1) is 15.4. The quantitative estimate of drug-likeness (QED) is 0.623. The summed E-state index contributed by atoms with van der Waals surface area (Å²) in [6.45, 7) is 3.42. The molecule has 0 radical (unpaired) electrons. The smallest absolute Gasteiger partial charge is 0.230 e. The molecule has 0 saturated carbocycles. The van der Waals surface area contributed by atoms with E-state index < -0.39 is 0 Å². The van der Waals surface area contributed by atoms with Crippen LogP contribution in [0.4, 0.5) is 0 Å². The monoisotopic (exact) mass is 275 g/mol. The van der Waals surface area contributed by atoms with Crippen LogP contribution in [-0.4, -0.2) is 38.0 Å². The van der Waals surface area contributed by atoms with Crippen molar-refractivity contribution in [3.05, 3.63) is 0 Å². The van der Waals surface area contributed by atoms with E-state index in [1.165, 1.54) is 0 Å². The van der Waals surface area contributed by atoms with Gasteiger partial charge in [0.15, 0.2) is 0 Å². The van der Waals surface area contributed by atoms with Gasteiger partial charge < -0.3 is 10.6 Å². The zero-order valence-corrected chi connectivity index (χ0v) is 11.4. The molecule has 104 valence electrons. The van der Waals surface area contributed by atoms with E-state index in [1.807, 2.05) is 0 Å². The normalized spacial score (nSPS) is 25.0. The molecule has 2 amide bonds. The van der Waals surface area contributed by atoms with E-state index in [1.54, 1.807) is 0 Å². The summed E-state index contributed by atoms with van der Waals surface area (Å²) in [6.07, 6.45) is 3.57. The third-order valence-electron chi connectivity index (χ3n) is 3.62. The first-order valence-corrected chi connectivity index (χ1v) is 6.53. The van der Waals surface area contributed by atoms with Crippen LogP contribution in [0.2, 0.25) is 0 Å². The molecule has 0 aromatic heterocycles. The van der Waals surface area contributed by atoms with Crippen LogP contribution in [0, 0.1) is 11.8 Å². The Morgan fingerprint density at radius 1 is 0.889 bits per heavy atom. The molecular weight excluding hydrogens is 254 g/mol. The molecule has 2 heterocycles. The Bertz CT molecular complexity index is 259. The van der Waals surface area contributed by atoms with Gasteiger partial charge in [0.25, 0.3) is 0 Å². The van der Waals surface area contributed by atoms with Crippen molar-refractivity contribution in [1.29, 1.82) is 0 Å². The van der Waals surface area contributed by atoms with Crippen molar-refractivity contribution in [1.82, 2.24) is 16.0 Å². The lowest BCUT2D eigenvalue weighted by molar-refractivity contribution is -0.135. The number of imide groups is 1. The zero-order valence-electron chi connectivity index (χ0n) is 10.5. The van der Waals surface area contributed by atoms with Crippen LogP contribution in [0.1, 0.15) is 25.7 Å². The van der Waals surface area contributed by atoms with Crippen molar-refractivity contribution in [2.75, 3.05) is 26.2 Å². The Hall–Kier alpha value is -0.650. The fraction of sp³-hybridized carbons (Fsp3) is 0.833. The Morgan fingerprint density at radius 3 is 2.17 bits per heavy atom. The number of piperidine rings is 2. The van der Waals surface area contributed by atoms with Crippen LogP contribution >= 0.6 is 12.4 Å². The van der Waals surface area contributed by atoms with Gasteiger partial charge in [0, 0.05) is 12.5 Å². The van der Waals surface area contributed by atoms with Crippen LogP contribution < -0.4 is 16.0 Å². The average Bonchev–Trinajstić information content (AvgIpc) is 2.40. The van der Waals surface area contributed by atoms with E-state index in [0.29, 0.717) is 6.54 Å². The van der Waals surface area contributed by atoms with E-state index in [4.69, 9.17) is 0 Å². The average molecular weight is 276 g/mol. The van der Waals surface area contributed by atoms with E-state index in [-0.39, 0.29) is 36.1 Å². The Labute approximate surface area is 114 Å². The molecule has 3 N–H and O–H groups in total. The van der Waals surface area contributed by atoms with Gasteiger partial charge in [-0.05, 0) is 45.3 Å². The summed E-state index contributed by atoms with van der Waals surface area (Å²) in [5.41, 5.74) is 0. The van der Waals surface area contributed by atoms with Crippen molar-refractivity contribution in [3.8, 4) is 0 Å². The van der Waals surface area contributed by atoms with Gasteiger partial charge in [-0.3, -0.25) is 14.9 Å². The Morgan fingerprint density at radius 2 is 1.56 bits per heavy atom. The van der Waals surface area contributed by atoms with Crippen molar-refractivity contribution < 1.29 is 9.59 Å². The molecule has 1 atom stereocenters. The topological polar surface area (TPSA) is 70.2 Å². The standard InChI is InChI=1S/C12H21N3O2.ClH/c16-11(9-3-6-13-7-4-9)15-12(17)10-2-1-5-14-8-10;/h9-10,13-14H,1-8H2,(H,15,16,17);1H. The van der Waals surface area contributed by atoms with Crippen molar-refractivity contribution in [2.45, 2.75) is 25.7 Å². The number of carbonyl (C=O) groups is 2. The summed E-state index contributed by atoms with van der Waals surface area (Å²) in [6, 6.07) is 0. The fourth-order valence-electron chi connectivity index (χ4n) is 2.49. The molecule has 2 aliphatic rings. The van der Waals surface area contributed by atoms with Crippen LogP contribution in [-0.2, 0) is 9.59 Å². The van der Waals surface area contributed by atoms with Gasteiger partial charge in [-0.15, -0.1) is 12.4 Å². The van der Waals surface area contributed by atoms with Crippen molar-refractivity contribution in [3.63, 3.8) is 0 Å². The van der Waals surface area contributed by atoms with E-state index in [0.717, 1.165) is 45.3 Å². The molecule has 18 heavy (non-hydrogen) atoms. The zero-order chi connectivity index (χ0) is 12.1. The second-order valence-electron chi connectivity index (χ2n) is 4.92. The molecule has 2 saturated heterocycles. The number of amides is 2. The van der Waals surface area contributed by atoms with Gasteiger partial charge in [-0.2, -0.15) is 0 Å². The maximum Gasteiger partial charge on any atom is 0.230 e. The van der Waals surface area contributed by atoms with Gasteiger partial charge in [0.05, 0.1) is 5.92 Å². The number of nitrogens with one attached hydrogen (secondary N) is 3. The molecule has 1 unspecified atom stereocenters. The summed E-state index contributed by atoms with van der Waals surface area (Å²) in [5, 5.41) is 8.97. The van der Waals surface area contributed by atoms with E-state index in [9.17, 15) is 9.59 Å². The number of hydrogen-bond acceptors (Lipinski definition) is 4. The highest BCUT2D eigenvalue weighted by molar-refractivity contribution is 5.97. The Balaban J connectivity index is 0.00000162. The van der Waals surface area contributed by atoms with Gasteiger partial charge in [-0.25, -0.2) is 0 Å². The lowest BCUT2D eigenvalue weighted by Gasteiger charge is -2.24. The predicted molar refractivity (Wildman–Crippen MR) is 71.6 cm³/mol. The maximum atomic E-state index is 11.9. The first-order chi connectivity index (χ1) is 8.27. The number of halogens is 1. The number of rotatable bonds is 2. The Kier molecular flexibility index (Phi) is 6.60. The lowest BCUT2D eigenvalue weighted by atomic mass is 9.95. The highest BCUT2D eigenvalue weighted by Crippen LogP contribution is 2.13. The second-order valence-corrected chi connectivity index (χ2v) is 4.92. The van der Waals surface area contributed by atoms with E-state index in [2.05, 4.69) is 16.0 Å². The molecule has 2 fully saturated rings. The maximum absolute atomic E-state index is 11.9. The summed E-state index contributed by atoms with van der Waals surface area (Å²) >= 11 is 0. The summed E-state index contributed by atoms with van der Waals surface area (Å²) in [4.78, 5) is 23.7. The minimum Gasteiger partial charge on any atom is -0.317 e. The molecule has 2 rings (SSSR count). The molecule has 5 nitrogen and oxygen atoms in total. The fourth-order valence-corrected chi connectivity index (χ4v) is 2.49. The lowest BCUT2D eigenvalue weighted by Crippen LogP contribution is -2.46. The highest BCUT2D eigenvalue weighted by atomic mass is 35.5. The van der Waals surface area contributed by atoms with Crippen LogP contribution in [0.25, 0.3) is 0 Å². The second kappa shape index (κ2) is 7.71. The minimum atomic E-state index is -0.0965. The molecule has 6 heteroatoms. The molecule has 0 aliphatic carbocycles.